The lowest BCUT2D eigenvalue weighted by molar-refractivity contribution is -0.129. The van der Waals surface area contributed by atoms with Crippen LogP contribution in [0.2, 0.25) is 0 Å². The molecular formula is C21H19F2N3O3. The Morgan fingerprint density at radius 2 is 2.00 bits per heavy atom. The van der Waals surface area contributed by atoms with Gasteiger partial charge in [-0.15, -0.1) is 0 Å². The zero-order chi connectivity index (χ0) is 20.3. The molecule has 0 unspecified atom stereocenters. The highest BCUT2D eigenvalue weighted by atomic mass is 19.1. The summed E-state index contributed by atoms with van der Waals surface area (Å²) in [5.74, 6) is -2.31. The van der Waals surface area contributed by atoms with Crippen molar-refractivity contribution < 1.29 is 23.4 Å². The maximum Gasteiger partial charge on any atom is 0.232 e. The molecule has 1 aliphatic heterocycles. The molecule has 0 bridgehead atoms. The standard InChI is InChI=1S/C21H19F2N3O3/c1-11-19(26(20(11)27)12-2-3-16-17(6-12)25-10-24-16)18-14(22)7-13(8-15(18)23)29-9-21(28)4-5-21/h2-3,6-8,10-11,19,28H,4-5,9H2,1H3,(H,24,25)/t11-,19-/m1/s1. The molecule has 29 heavy (non-hydrogen) atoms. The van der Waals surface area contributed by atoms with E-state index in [1.54, 1.807) is 31.5 Å². The van der Waals surface area contributed by atoms with Crippen LogP contribution in [0.5, 0.6) is 5.75 Å². The Kier molecular flexibility index (Phi) is 3.89. The number of aromatic amines is 1. The Labute approximate surface area is 165 Å². The number of amides is 1. The summed E-state index contributed by atoms with van der Waals surface area (Å²) in [4.78, 5) is 21.1. The van der Waals surface area contributed by atoms with Crippen molar-refractivity contribution in [2.75, 3.05) is 11.5 Å². The minimum absolute atomic E-state index is 0.000647. The van der Waals surface area contributed by atoms with Gasteiger partial charge >= 0.3 is 0 Å². The normalized spacial score (nSPS) is 22.6. The molecule has 2 heterocycles. The van der Waals surface area contributed by atoms with Gasteiger partial charge in [-0.2, -0.15) is 0 Å². The highest BCUT2D eigenvalue weighted by molar-refractivity contribution is 6.04. The fourth-order valence-corrected chi connectivity index (χ4v) is 3.80. The van der Waals surface area contributed by atoms with Crippen molar-refractivity contribution in [3.63, 3.8) is 0 Å². The average molecular weight is 399 g/mol. The molecule has 150 valence electrons. The van der Waals surface area contributed by atoms with Gasteiger partial charge in [0.2, 0.25) is 5.91 Å². The minimum Gasteiger partial charge on any atom is -0.490 e. The number of fused-ring (bicyclic) bond motifs is 1. The first-order valence-corrected chi connectivity index (χ1v) is 9.47. The van der Waals surface area contributed by atoms with E-state index in [9.17, 15) is 18.7 Å². The molecular weight excluding hydrogens is 380 g/mol. The van der Waals surface area contributed by atoms with Gasteiger partial charge in [-0.3, -0.25) is 4.79 Å². The molecule has 1 aliphatic carbocycles. The van der Waals surface area contributed by atoms with Gasteiger partial charge in [0.05, 0.1) is 34.9 Å². The highest BCUT2D eigenvalue weighted by Crippen LogP contribution is 2.46. The summed E-state index contributed by atoms with van der Waals surface area (Å²) in [6.07, 6.45) is 2.78. The summed E-state index contributed by atoms with van der Waals surface area (Å²) in [6, 6.07) is 6.66. The van der Waals surface area contributed by atoms with E-state index < -0.39 is 29.2 Å². The molecule has 2 atom stereocenters. The molecule has 0 radical (unpaired) electrons. The van der Waals surface area contributed by atoms with Crippen molar-refractivity contribution >= 4 is 22.6 Å². The first kappa shape index (κ1) is 18.1. The van der Waals surface area contributed by atoms with Crippen molar-refractivity contribution in [1.82, 2.24) is 9.97 Å². The number of ether oxygens (including phenoxy) is 1. The van der Waals surface area contributed by atoms with E-state index in [0.717, 1.165) is 17.6 Å². The number of nitrogens with zero attached hydrogens (tertiary/aromatic N) is 2. The quantitative estimate of drug-likeness (QED) is 0.644. The van der Waals surface area contributed by atoms with Crippen LogP contribution in [-0.4, -0.2) is 33.2 Å². The second-order valence-corrected chi connectivity index (χ2v) is 7.86. The lowest BCUT2D eigenvalue weighted by Gasteiger charge is -2.46. The Morgan fingerprint density at radius 3 is 2.69 bits per heavy atom. The fraction of sp³-hybridized carbons (Fsp3) is 0.333. The Morgan fingerprint density at radius 1 is 1.28 bits per heavy atom. The molecule has 1 amide bonds. The van der Waals surface area contributed by atoms with Crippen LogP contribution in [-0.2, 0) is 4.79 Å². The Bertz CT molecular complexity index is 1100. The number of rotatable bonds is 5. The largest absolute Gasteiger partial charge is 0.490 e. The van der Waals surface area contributed by atoms with Crippen molar-refractivity contribution in [2.24, 2.45) is 5.92 Å². The number of halogens is 2. The second kappa shape index (κ2) is 6.25. The van der Waals surface area contributed by atoms with Gasteiger partial charge in [-0.25, -0.2) is 13.8 Å². The number of β-lactam (4-membered cyclic amide) rings is 1. The predicted octanol–water partition coefficient (Wildman–Crippen LogP) is 3.47. The summed E-state index contributed by atoms with van der Waals surface area (Å²) >= 11 is 0. The van der Waals surface area contributed by atoms with Crippen LogP contribution in [0, 0.1) is 17.6 Å². The first-order valence-electron chi connectivity index (χ1n) is 9.47. The van der Waals surface area contributed by atoms with Crippen molar-refractivity contribution in [3.8, 4) is 5.75 Å². The van der Waals surface area contributed by atoms with Crippen molar-refractivity contribution in [3.05, 3.63) is 53.9 Å². The number of carbonyl (C=O) groups excluding carboxylic acids is 1. The van der Waals surface area contributed by atoms with Crippen LogP contribution >= 0.6 is 0 Å². The van der Waals surface area contributed by atoms with E-state index in [2.05, 4.69) is 9.97 Å². The summed E-state index contributed by atoms with van der Waals surface area (Å²) < 4.78 is 35.1. The topological polar surface area (TPSA) is 78.5 Å². The van der Waals surface area contributed by atoms with Crippen LogP contribution < -0.4 is 9.64 Å². The van der Waals surface area contributed by atoms with E-state index in [0.29, 0.717) is 24.0 Å². The molecule has 2 N–H and O–H groups in total. The number of carbonyl (C=O) groups is 1. The molecule has 5 rings (SSSR count). The van der Waals surface area contributed by atoms with E-state index in [-0.39, 0.29) is 23.8 Å². The summed E-state index contributed by atoms with van der Waals surface area (Å²) in [5.41, 5.74) is 0.950. The molecule has 6 nitrogen and oxygen atoms in total. The highest BCUT2D eigenvalue weighted by Gasteiger charge is 2.48. The van der Waals surface area contributed by atoms with Gasteiger partial charge in [0.15, 0.2) is 0 Å². The Hall–Kier alpha value is -3.00. The fourth-order valence-electron chi connectivity index (χ4n) is 3.80. The number of aliphatic hydroxyl groups is 1. The molecule has 1 saturated carbocycles. The maximum absolute atomic E-state index is 14.9. The first-order chi connectivity index (χ1) is 13.9. The molecule has 0 spiro atoms. The zero-order valence-electron chi connectivity index (χ0n) is 15.7. The van der Waals surface area contributed by atoms with Gasteiger partial charge < -0.3 is 19.7 Å². The van der Waals surface area contributed by atoms with Crippen LogP contribution in [0.3, 0.4) is 0 Å². The predicted molar refractivity (Wildman–Crippen MR) is 102 cm³/mol. The van der Waals surface area contributed by atoms with Gasteiger partial charge in [-0.1, -0.05) is 6.92 Å². The van der Waals surface area contributed by atoms with Gasteiger partial charge in [-0.05, 0) is 31.0 Å². The third-order valence-electron chi connectivity index (χ3n) is 5.74. The number of hydrogen-bond donors (Lipinski definition) is 2. The summed E-state index contributed by atoms with van der Waals surface area (Å²) in [6.45, 7) is 1.65. The average Bonchev–Trinajstić information content (AvgIpc) is 3.24. The molecule has 1 aromatic heterocycles. The second-order valence-electron chi connectivity index (χ2n) is 7.86. The number of nitrogens with one attached hydrogen (secondary N) is 1. The number of imidazole rings is 1. The number of benzene rings is 2. The van der Waals surface area contributed by atoms with Crippen molar-refractivity contribution in [1.29, 1.82) is 0 Å². The summed E-state index contributed by atoms with van der Waals surface area (Å²) in [7, 11) is 0. The number of H-pyrrole nitrogens is 1. The SMILES string of the molecule is C[C@H]1C(=O)N(c2ccc3[nH]cnc3c2)[C@H]1c1c(F)cc(OCC2(O)CC2)cc1F. The number of aromatic nitrogens is 2. The lowest BCUT2D eigenvalue weighted by atomic mass is 9.82. The summed E-state index contributed by atoms with van der Waals surface area (Å²) in [5, 5.41) is 9.84. The molecule has 3 aromatic rings. The Balaban J connectivity index is 1.47. The molecule has 2 aromatic carbocycles. The minimum atomic E-state index is -0.887. The van der Waals surface area contributed by atoms with E-state index in [1.807, 2.05) is 0 Å². The van der Waals surface area contributed by atoms with Crippen LogP contribution in [0.25, 0.3) is 11.0 Å². The van der Waals surface area contributed by atoms with E-state index in [1.165, 1.54) is 4.90 Å². The van der Waals surface area contributed by atoms with Crippen molar-refractivity contribution in [2.45, 2.75) is 31.4 Å². The van der Waals surface area contributed by atoms with Gasteiger partial charge in [0, 0.05) is 23.4 Å². The molecule has 8 heteroatoms. The van der Waals surface area contributed by atoms with Crippen LogP contribution in [0.4, 0.5) is 14.5 Å². The zero-order valence-corrected chi connectivity index (χ0v) is 15.7. The van der Waals surface area contributed by atoms with Gasteiger partial charge in [0.25, 0.3) is 0 Å². The van der Waals surface area contributed by atoms with Crippen LogP contribution in [0.1, 0.15) is 31.4 Å². The van der Waals surface area contributed by atoms with E-state index >= 15 is 0 Å². The third kappa shape index (κ3) is 2.95. The molecule has 1 saturated heterocycles. The maximum atomic E-state index is 14.9. The molecule has 2 aliphatic rings. The smallest absolute Gasteiger partial charge is 0.232 e. The monoisotopic (exact) mass is 399 g/mol. The van der Waals surface area contributed by atoms with E-state index in [4.69, 9.17) is 4.74 Å². The van der Waals surface area contributed by atoms with Gasteiger partial charge in [0.1, 0.15) is 24.0 Å². The lowest BCUT2D eigenvalue weighted by Crippen LogP contribution is -2.54. The van der Waals surface area contributed by atoms with Crippen LogP contribution in [0.15, 0.2) is 36.7 Å². The molecule has 2 fully saturated rings. The number of hydrogen-bond acceptors (Lipinski definition) is 4. The third-order valence-corrected chi connectivity index (χ3v) is 5.74. The number of anilines is 1.